The number of esters is 1. The molecule has 3 rings (SSSR count). The van der Waals surface area contributed by atoms with Crippen LogP contribution in [0, 0.1) is 5.92 Å². The van der Waals surface area contributed by atoms with Gasteiger partial charge in [-0.15, -0.1) is 0 Å². The molecular formula is C19H29N3O3. The van der Waals surface area contributed by atoms with Crippen LogP contribution in [0.4, 0.5) is 5.82 Å². The van der Waals surface area contributed by atoms with Crippen LogP contribution in [-0.2, 0) is 16.1 Å². The lowest BCUT2D eigenvalue weighted by molar-refractivity contribution is -0.155. The van der Waals surface area contributed by atoms with Crippen LogP contribution in [0.1, 0.15) is 59.3 Å². The summed E-state index contributed by atoms with van der Waals surface area (Å²) >= 11 is 0. The third-order valence-electron chi connectivity index (χ3n) is 5.09. The van der Waals surface area contributed by atoms with Crippen LogP contribution >= 0.6 is 0 Å². The zero-order chi connectivity index (χ0) is 18.0. The Bertz CT molecular complexity index is 677. The van der Waals surface area contributed by atoms with Gasteiger partial charge in [-0.3, -0.25) is 14.2 Å². The van der Waals surface area contributed by atoms with Gasteiger partial charge in [0.1, 0.15) is 12.1 Å². The summed E-state index contributed by atoms with van der Waals surface area (Å²) in [6.07, 6.45) is 10.7. The van der Waals surface area contributed by atoms with Crippen LogP contribution in [0.5, 0.6) is 0 Å². The maximum atomic E-state index is 12.8. The predicted molar refractivity (Wildman–Crippen MR) is 96.7 cm³/mol. The highest BCUT2D eigenvalue weighted by Gasteiger charge is 2.40. The SMILES string of the molecule is CC(C)(C)OC(=O)Cn1ccnc(N2CC3CCCCCCC32)c1=O. The molecule has 1 saturated carbocycles. The van der Waals surface area contributed by atoms with Gasteiger partial charge >= 0.3 is 5.97 Å². The van der Waals surface area contributed by atoms with Gasteiger partial charge in [-0.2, -0.15) is 0 Å². The van der Waals surface area contributed by atoms with E-state index in [1.165, 1.54) is 36.7 Å². The van der Waals surface area contributed by atoms with Crippen molar-refractivity contribution >= 4 is 11.8 Å². The Morgan fingerprint density at radius 2 is 1.96 bits per heavy atom. The number of carbonyl (C=O) groups is 1. The van der Waals surface area contributed by atoms with Crippen molar-refractivity contribution in [1.82, 2.24) is 9.55 Å². The summed E-state index contributed by atoms with van der Waals surface area (Å²) in [5.74, 6) is 0.757. The van der Waals surface area contributed by atoms with Gasteiger partial charge in [0.25, 0.3) is 5.56 Å². The van der Waals surface area contributed by atoms with Crippen molar-refractivity contribution in [2.24, 2.45) is 5.92 Å². The number of aromatic nitrogens is 2. The van der Waals surface area contributed by atoms with E-state index in [0.717, 1.165) is 13.0 Å². The van der Waals surface area contributed by atoms with Crippen LogP contribution in [0.3, 0.4) is 0 Å². The molecule has 1 aromatic rings. The molecule has 0 aromatic carbocycles. The number of carbonyl (C=O) groups excluding carboxylic acids is 1. The lowest BCUT2D eigenvalue weighted by Gasteiger charge is -2.49. The second-order valence-electron chi connectivity index (χ2n) is 8.24. The lowest BCUT2D eigenvalue weighted by Crippen LogP contribution is -2.58. The molecule has 2 fully saturated rings. The number of rotatable bonds is 3. The molecule has 0 amide bonds. The highest BCUT2D eigenvalue weighted by Crippen LogP contribution is 2.36. The normalized spacial score (nSPS) is 23.9. The van der Waals surface area contributed by atoms with Crippen molar-refractivity contribution in [2.75, 3.05) is 11.4 Å². The van der Waals surface area contributed by atoms with E-state index in [-0.39, 0.29) is 12.1 Å². The molecule has 1 aliphatic carbocycles. The molecule has 2 heterocycles. The van der Waals surface area contributed by atoms with Gasteiger partial charge in [-0.05, 0) is 39.5 Å². The maximum Gasteiger partial charge on any atom is 0.326 e. The monoisotopic (exact) mass is 347 g/mol. The van der Waals surface area contributed by atoms with Gasteiger partial charge in [0.05, 0.1) is 0 Å². The summed E-state index contributed by atoms with van der Waals surface area (Å²) in [7, 11) is 0. The highest BCUT2D eigenvalue weighted by molar-refractivity contribution is 5.69. The first-order valence-electron chi connectivity index (χ1n) is 9.39. The Morgan fingerprint density at radius 1 is 1.24 bits per heavy atom. The first kappa shape index (κ1) is 18.0. The molecule has 2 atom stereocenters. The Balaban J connectivity index is 1.73. The minimum atomic E-state index is -0.555. The summed E-state index contributed by atoms with van der Waals surface area (Å²) in [4.78, 5) is 31.3. The fourth-order valence-corrected chi connectivity index (χ4v) is 3.93. The van der Waals surface area contributed by atoms with Gasteiger partial charge in [0.15, 0.2) is 5.82 Å². The topological polar surface area (TPSA) is 64.4 Å². The van der Waals surface area contributed by atoms with Crippen LogP contribution in [0.2, 0.25) is 0 Å². The Kier molecular flexibility index (Phi) is 5.16. The number of hydrogen-bond donors (Lipinski definition) is 0. The van der Waals surface area contributed by atoms with Crippen molar-refractivity contribution in [3.05, 3.63) is 22.7 Å². The molecule has 6 heteroatoms. The summed E-state index contributed by atoms with van der Waals surface area (Å²) in [6, 6.07) is 0.429. The van der Waals surface area contributed by atoms with Gasteiger partial charge in [0, 0.05) is 25.0 Å². The highest BCUT2D eigenvalue weighted by atomic mass is 16.6. The minimum absolute atomic E-state index is 0.0758. The van der Waals surface area contributed by atoms with E-state index in [9.17, 15) is 9.59 Å². The van der Waals surface area contributed by atoms with Crippen molar-refractivity contribution in [3.8, 4) is 0 Å². The zero-order valence-electron chi connectivity index (χ0n) is 15.5. The fraction of sp³-hybridized carbons (Fsp3) is 0.737. The zero-order valence-corrected chi connectivity index (χ0v) is 15.5. The number of fused-ring (bicyclic) bond motifs is 1. The largest absolute Gasteiger partial charge is 0.459 e. The van der Waals surface area contributed by atoms with E-state index in [2.05, 4.69) is 9.88 Å². The molecule has 138 valence electrons. The third-order valence-corrected chi connectivity index (χ3v) is 5.09. The van der Waals surface area contributed by atoms with Crippen molar-refractivity contribution < 1.29 is 9.53 Å². The van der Waals surface area contributed by atoms with Crippen LogP contribution in [0.25, 0.3) is 0 Å². The molecule has 0 spiro atoms. The van der Waals surface area contributed by atoms with Gasteiger partial charge < -0.3 is 9.64 Å². The van der Waals surface area contributed by atoms with E-state index in [0.29, 0.717) is 17.8 Å². The molecule has 2 aliphatic rings. The summed E-state index contributed by atoms with van der Waals surface area (Å²) < 4.78 is 6.73. The molecular weight excluding hydrogens is 318 g/mol. The fourth-order valence-electron chi connectivity index (χ4n) is 3.93. The predicted octanol–water partition coefficient (Wildman–Crippen LogP) is 2.74. The number of nitrogens with zero attached hydrogens (tertiary/aromatic N) is 3. The molecule has 2 unspecified atom stereocenters. The number of ether oxygens (including phenoxy) is 1. The average molecular weight is 347 g/mol. The summed E-state index contributed by atoms with van der Waals surface area (Å²) in [5, 5.41) is 0. The molecule has 0 N–H and O–H groups in total. The van der Waals surface area contributed by atoms with E-state index in [4.69, 9.17) is 4.74 Å². The Morgan fingerprint density at radius 3 is 2.68 bits per heavy atom. The molecule has 6 nitrogen and oxygen atoms in total. The molecule has 0 radical (unpaired) electrons. The van der Waals surface area contributed by atoms with Crippen molar-refractivity contribution in [1.29, 1.82) is 0 Å². The number of hydrogen-bond acceptors (Lipinski definition) is 5. The Hall–Kier alpha value is -1.85. The van der Waals surface area contributed by atoms with Crippen molar-refractivity contribution in [2.45, 2.75) is 77.5 Å². The van der Waals surface area contributed by atoms with Gasteiger partial charge in [-0.25, -0.2) is 4.98 Å². The number of anilines is 1. The van der Waals surface area contributed by atoms with Crippen LogP contribution in [0.15, 0.2) is 17.2 Å². The maximum absolute atomic E-state index is 12.8. The smallest absolute Gasteiger partial charge is 0.326 e. The third kappa shape index (κ3) is 4.22. The Labute approximate surface area is 149 Å². The first-order chi connectivity index (χ1) is 11.8. The second kappa shape index (κ2) is 7.18. The van der Waals surface area contributed by atoms with Crippen molar-refractivity contribution in [3.63, 3.8) is 0 Å². The second-order valence-corrected chi connectivity index (χ2v) is 8.24. The lowest BCUT2D eigenvalue weighted by atomic mass is 9.79. The van der Waals surface area contributed by atoms with Gasteiger partial charge in [-0.1, -0.05) is 25.7 Å². The van der Waals surface area contributed by atoms with E-state index >= 15 is 0 Å². The van der Waals surface area contributed by atoms with Crippen LogP contribution in [-0.4, -0.2) is 33.7 Å². The summed E-state index contributed by atoms with van der Waals surface area (Å²) in [6.45, 7) is 6.29. The molecule has 1 aliphatic heterocycles. The van der Waals surface area contributed by atoms with E-state index < -0.39 is 11.6 Å². The molecule has 1 aromatic heterocycles. The average Bonchev–Trinajstić information content (AvgIpc) is 2.47. The minimum Gasteiger partial charge on any atom is -0.459 e. The van der Waals surface area contributed by atoms with Crippen LogP contribution < -0.4 is 10.5 Å². The summed E-state index contributed by atoms with van der Waals surface area (Å²) in [5.41, 5.74) is -0.756. The van der Waals surface area contributed by atoms with E-state index in [1.807, 2.05) is 20.8 Å². The van der Waals surface area contributed by atoms with E-state index in [1.54, 1.807) is 12.4 Å². The quantitative estimate of drug-likeness (QED) is 0.787. The molecule has 1 saturated heterocycles. The molecule has 25 heavy (non-hydrogen) atoms. The molecule has 0 bridgehead atoms. The van der Waals surface area contributed by atoms with Gasteiger partial charge in [0.2, 0.25) is 0 Å². The first-order valence-corrected chi connectivity index (χ1v) is 9.39. The standard InChI is InChI=1S/C19H29N3O3/c1-19(2,3)25-16(23)13-21-11-10-20-17(18(21)24)22-12-14-8-6-4-5-7-9-15(14)22/h10-11,14-15H,4-9,12-13H2,1-3H3.